The van der Waals surface area contributed by atoms with Gasteiger partial charge in [0.05, 0.1) is 11.2 Å². The van der Waals surface area contributed by atoms with Crippen LogP contribution in [0, 0.1) is 6.92 Å². The molecule has 0 radical (unpaired) electrons. The van der Waals surface area contributed by atoms with Crippen molar-refractivity contribution in [3.8, 4) is 11.3 Å². The summed E-state index contributed by atoms with van der Waals surface area (Å²) in [5.41, 5.74) is 7.42. The molecule has 1 heteroatoms. The van der Waals surface area contributed by atoms with Crippen LogP contribution in [0.3, 0.4) is 0 Å². The number of hydrogen-bond donors (Lipinski definition) is 0. The topological polar surface area (TPSA) is 12.9 Å². The van der Waals surface area contributed by atoms with Crippen LogP contribution in [-0.4, -0.2) is 4.98 Å². The fourth-order valence-electron chi connectivity index (χ4n) is 4.16. The standard InChI is InChI=1S/C23H19N/c1-14-10-11-16-13-19-22(24-20(16)12-14)17-8-4-6-15-7-5-9-18(21(15)17)23(19,2)3/h4-13H,1-3H3. The molecule has 0 unspecified atom stereocenters. The highest BCUT2D eigenvalue weighted by molar-refractivity contribution is 6.03. The molecule has 4 aromatic rings. The summed E-state index contributed by atoms with van der Waals surface area (Å²) in [6, 6.07) is 22.1. The molecule has 116 valence electrons. The molecule has 0 amide bonds. The first-order valence-corrected chi connectivity index (χ1v) is 8.50. The number of hydrogen-bond acceptors (Lipinski definition) is 1. The number of benzene rings is 3. The number of pyridine rings is 1. The number of rotatable bonds is 0. The summed E-state index contributed by atoms with van der Waals surface area (Å²) in [6.45, 7) is 6.76. The summed E-state index contributed by atoms with van der Waals surface area (Å²) in [6.07, 6.45) is 0. The second kappa shape index (κ2) is 4.45. The second-order valence-electron chi connectivity index (χ2n) is 7.41. The lowest BCUT2D eigenvalue weighted by Crippen LogP contribution is -2.24. The predicted octanol–water partition coefficient (Wildman–Crippen LogP) is 6.00. The molecule has 1 aliphatic rings. The van der Waals surface area contributed by atoms with Crippen LogP contribution in [0.1, 0.15) is 30.5 Å². The second-order valence-corrected chi connectivity index (χ2v) is 7.41. The Morgan fingerprint density at radius 1 is 0.792 bits per heavy atom. The van der Waals surface area contributed by atoms with E-state index >= 15 is 0 Å². The Kier molecular flexibility index (Phi) is 2.55. The molecule has 5 rings (SSSR count). The molecule has 1 heterocycles. The van der Waals surface area contributed by atoms with Gasteiger partial charge in [0.2, 0.25) is 0 Å². The number of nitrogens with zero attached hydrogens (tertiary/aromatic N) is 1. The van der Waals surface area contributed by atoms with Gasteiger partial charge in [-0.25, -0.2) is 4.98 Å². The summed E-state index contributed by atoms with van der Waals surface area (Å²) in [5.74, 6) is 0. The van der Waals surface area contributed by atoms with Crippen LogP contribution in [0.5, 0.6) is 0 Å². The Labute approximate surface area is 142 Å². The zero-order chi connectivity index (χ0) is 16.5. The van der Waals surface area contributed by atoms with Crippen molar-refractivity contribution >= 4 is 21.7 Å². The highest BCUT2D eigenvalue weighted by atomic mass is 14.7. The first kappa shape index (κ1) is 13.7. The molecule has 3 aromatic carbocycles. The van der Waals surface area contributed by atoms with Crippen molar-refractivity contribution in [1.29, 1.82) is 0 Å². The van der Waals surface area contributed by atoms with E-state index in [9.17, 15) is 0 Å². The van der Waals surface area contributed by atoms with Crippen molar-refractivity contribution in [2.24, 2.45) is 0 Å². The van der Waals surface area contributed by atoms with E-state index in [2.05, 4.69) is 81.4 Å². The highest BCUT2D eigenvalue weighted by Gasteiger charge is 2.34. The molecule has 0 spiro atoms. The van der Waals surface area contributed by atoms with E-state index in [1.165, 1.54) is 38.4 Å². The summed E-state index contributed by atoms with van der Waals surface area (Å²) in [4.78, 5) is 5.10. The average molecular weight is 309 g/mol. The fourth-order valence-corrected chi connectivity index (χ4v) is 4.16. The zero-order valence-corrected chi connectivity index (χ0v) is 14.2. The van der Waals surface area contributed by atoms with E-state index in [1.54, 1.807) is 0 Å². The first-order chi connectivity index (χ1) is 11.6. The van der Waals surface area contributed by atoms with E-state index in [1.807, 2.05) is 0 Å². The van der Waals surface area contributed by atoms with Gasteiger partial charge in [0.25, 0.3) is 0 Å². The Balaban J connectivity index is 2.00. The minimum Gasteiger partial charge on any atom is -0.247 e. The van der Waals surface area contributed by atoms with E-state index < -0.39 is 0 Å². The third-order valence-electron chi connectivity index (χ3n) is 5.48. The van der Waals surface area contributed by atoms with Gasteiger partial charge < -0.3 is 0 Å². The molecule has 0 atom stereocenters. The van der Waals surface area contributed by atoms with E-state index in [0.717, 1.165) is 11.2 Å². The summed E-state index contributed by atoms with van der Waals surface area (Å²) in [7, 11) is 0. The molecule has 1 aromatic heterocycles. The maximum absolute atomic E-state index is 5.10. The number of aryl methyl sites for hydroxylation is 1. The van der Waals surface area contributed by atoms with Gasteiger partial charge in [-0.05, 0) is 46.5 Å². The van der Waals surface area contributed by atoms with Gasteiger partial charge in [-0.1, -0.05) is 62.4 Å². The lowest BCUT2D eigenvalue weighted by Gasteiger charge is -2.34. The molecule has 0 saturated carbocycles. The third kappa shape index (κ3) is 1.67. The van der Waals surface area contributed by atoms with Crippen LogP contribution in [0.25, 0.3) is 32.9 Å². The Morgan fingerprint density at radius 3 is 2.42 bits per heavy atom. The number of aromatic nitrogens is 1. The van der Waals surface area contributed by atoms with Crippen LogP contribution in [-0.2, 0) is 5.41 Å². The monoisotopic (exact) mass is 309 g/mol. The van der Waals surface area contributed by atoms with Crippen LogP contribution in [0.2, 0.25) is 0 Å². The molecule has 1 nitrogen and oxygen atoms in total. The molecule has 0 bridgehead atoms. The van der Waals surface area contributed by atoms with Crippen LogP contribution < -0.4 is 0 Å². The normalized spacial score (nSPS) is 14.8. The first-order valence-electron chi connectivity index (χ1n) is 8.50. The predicted molar refractivity (Wildman–Crippen MR) is 102 cm³/mol. The van der Waals surface area contributed by atoms with Gasteiger partial charge in [0.15, 0.2) is 0 Å². The molecular formula is C23H19N. The minimum atomic E-state index is -0.0464. The molecule has 0 fully saturated rings. The average Bonchev–Trinajstić information content (AvgIpc) is 2.58. The van der Waals surface area contributed by atoms with Crippen molar-refractivity contribution in [2.45, 2.75) is 26.2 Å². The third-order valence-corrected chi connectivity index (χ3v) is 5.48. The van der Waals surface area contributed by atoms with Gasteiger partial charge in [0, 0.05) is 16.4 Å². The SMILES string of the molecule is Cc1ccc2cc3c(nc2c1)-c1cccc2cccc(c12)C3(C)C. The van der Waals surface area contributed by atoms with Crippen molar-refractivity contribution in [2.75, 3.05) is 0 Å². The van der Waals surface area contributed by atoms with Crippen molar-refractivity contribution in [1.82, 2.24) is 4.98 Å². The Morgan fingerprint density at radius 2 is 1.58 bits per heavy atom. The van der Waals surface area contributed by atoms with Gasteiger partial charge in [-0.15, -0.1) is 0 Å². The van der Waals surface area contributed by atoms with Crippen LogP contribution in [0.4, 0.5) is 0 Å². The zero-order valence-electron chi connectivity index (χ0n) is 14.2. The summed E-state index contributed by atoms with van der Waals surface area (Å²) >= 11 is 0. The van der Waals surface area contributed by atoms with Gasteiger partial charge >= 0.3 is 0 Å². The van der Waals surface area contributed by atoms with E-state index in [4.69, 9.17) is 4.98 Å². The smallest absolute Gasteiger partial charge is 0.0756 e. The van der Waals surface area contributed by atoms with Crippen LogP contribution >= 0.6 is 0 Å². The number of fused-ring (bicyclic) bond motifs is 3. The van der Waals surface area contributed by atoms with Gasteiger partial charge in [-0.2, -0.15) is 0 Å². The molecule has 0 aliphatic heterocycles. The molecule has 24 heavy (non-hydrogen) atoms. The van der Waals surface area contributed by atoms with Gasteiger partial charge in [0.1, 0.15) is 0 Å². The lowest BCUT2D eigenvalue weighted by atomic mass is 9.70. The summed E-state index contributed by atoms with van der Waals surface area (Å²) in [5, 5.41) is 3.88. The largest absolute Gasteiger partial charge is 0.247 e. The molecule has 1 aliphatic carbocycles. The Hall–Kier alpha value is -2.67. The Bertz CT molecular complexity index is 1130. The molecular weight excluding hydrogens is 290 g/mol. The van der Waals surface area contributed by atoms with Crippen molar-refractivity contribution < 1.29 is 0 Å². The van der Waals surface area contributed by atoms with Crippen molar-refractivity contribution in [3.63, 3.8) is 0 Å². The lowest BCUT2D eigenvalue weighted by molar-refractivity contribution is 0.643. The molecule has 0 saturated heterocycles. The minimum absolute atomic E-state index is 0.0464. The summed E-state index contributed by atoms with van der Waals surface area (Å²) < 4.78 is 0. The van der Waals surface area contributed by atoms with E-state index in [0.29, 0.717) is 0 Å². The van der Waals surface area contributed by atoms with Crippen molar-refractivity contribution in [3.05, 3.63) is 77.4 Å². The molecule has 0 N–H and O–H groups in total. The van der Waals surface area contributed by atoms with E-state index in [-0.39, 0.29) is 5.41 Å². The quantitative estimate of drug-likeness (QED) is 0.388. The van der Waals surface area contributed by atoms with Gasteiger partial charge in [-0.3, -0.25) is 0 Å². The van der Waals surface area contributed by atoms with Crippen LogP contribution in [0.15, 0.2) is 60.7 Å². The highest BCUT2D eigenvalue weighted by Crippen LogP contribution is 2.48. The maximum Gasteiger partial charge on any atom is 0.0756 e. The fraction of sp³-hybridized carbons (Fsp3) is 0.174. The maximum atomic E-state index is 5.10.